The van der Waals surface area contributed by atoms with Crippen molar-refractivity contribution in [1.82, 2.24) is 10.2 Å². The molecule has 2 amide bonds. The van der Waals surface area contributed by atoms with Gasteiger partial charge in [0.1, 0.15) is 0 Å². The van der Waals surface area contributed by atoms with Crippen molar-refractivity contribution in [2.45, 2.75) is 25.6 Å². The summed E-state index contributed by atoms with van der Waals surface area (Å²) < 4.78 is 35.8. The molecule has 1 aliphatic rings. The molecule has 0 radical (unpaired) electrons. The summed E-state index contributed by atoms with van der Waals surface area (Å²) in [7, 11) is 0. The number of nitrogens with one attached hydrogen (secondary N) is 1. The zero-order chi connectivity index (χ0) is 10.1. The molecule has 1 fully saturated rings. The molecular formula is C7H11F3N2O. The smallest absolute Gasteiger partial charge is 0.336 e. The van der Waals surface area contributed by atoms with Gasteiger partial charge in [-0.25, -0.2) is 4.79 Å². The van der Waals surface area contributed by atoms with Gasteiger partial charge >= 0.3 is 12.2 Å². The minimum atomic E-state index is -4.21. The molecule has 0 aromatic rings. The number of hydrogen-bond donors (Lipinski definition) is 1. The van der Waals surface area contributed by atoms with Crippen molar-refractivity contribution < 1.29 is 18.0 Å². The monoisotopic (exact) mass is 196 g/mol. The van der Waals surface area contributed by atoms with Gasteiger partial charge in [-0.1, -0.05) is 0 Å². The lowest BCUT2D eigenvalue weighted by molar-refractivity contribution is -0.143. The van der Waals surface area contributed by atoms with Gasteiger partial charge in [0.25, 0.3) is 0 Å². The molecule has 1 heterocycles. The largest absolute Gasteiger partial charge is 0.391 e. The van der Waals surface area contributed by atoms with E-state index >= 15 is 0 Å². The van der Waals surface area contributed by atoms with E-state index in [1.54, 1.807) is 0 Å². The van der Waals surface area contributed by atoms with E-state index in [0.717, 1.165) is 0 Å². The van der Waals surface area contributed by atoms with Crippen molar-refractivity contribution in [2.24, 2.45) is 0 Å². The van der Waals surface area contributed by atoms with Crippen LogP contribution in [0.3, 0.4) is 0 Å². The van der Waals surface area contributed by atoms with Crippen molar-refractivity contribution >= 4 is 6.03 Å². The van der Waals surface area contributed by atoms with Crippen molar-refractivity contribution in [3.8, 4) is 0 Å². The average Bonchev–Trinajstić information content (AvgIpc) is 2.30. The summed E-state index contributed by atoms with van der Waals surface area (Å²) in [5.41, 5.74) is 0. The zero-order valence-corrected chi connectivity index (χ0v) is 7.19. The molecule has 6 heteroatoms. The van der Waals surface area contributed by atoms with Crippen molar-refractivity contribution in [3.63, 3.8) is 0 Å². The number of alkyl halides is 3. The lowest BCUT2D eigenvalue weighted by atomic mass is 10.2. The summed E-state index contributed by atoms with van der Waals surface area (Å²) >= 11 is 0. The van der Waals surface area contributed by atoms with E-state index in [0.29, 0.717) is 13.1 Å². The highest BCUT2D eigenvalue weighted by molar-refractivity contribution is 5.76. The Kier molecular flexibility index (Phi) is 2.68. The van der Waals surface area contributed by atoms with Gasteiger partial charge in [-0.15, -0.1) is 0 Å². The van der Waals surface area contributed by atoms with Crippen LogP contribution < -0.4 is 5.32 Å². The Labute approximate surface area is 73.9 Å². The fourth-order valence-corrected chi connectivity index (χ4v) is 1.35. The zero-order valence-electron chi connectivity index (χ0n) is 7.19. The normalized spacial score (nSPS) is 20.3. The molecular weight excluding hydrogens is 185 g/mol. The van der Waals surface area contributed by atoms with Gasteiger partial charge in [0.05, 0.1) is 6.42 Å². The van der Waals surface area contributed by atoms with Crippen LogP contribution in [-0.4, -0.2) is 36.2 Å². The highest BCUT2D eigenvalue weighted by Gasteiger charge is 2.35. The molecule has 13 heavy (non-hydrogen) atoms. The van der Waals surface area contributed by atoms with Crippen LogP contribution in [0.1, 0.15) is 13.3 Å². The van der Waals surface area contributed by atoms with E-state index < -0.39 is 24.7 Å². The van der Waals surface area contributed by atoms with Crippen LogP contribution in [0.25, 0.3) is 0 Å². The first kappa shape index (κ1) is 10.1. The summed E-state index contributed by atoms with van der Waals surface area (Å²) in [6.07, 6.45) is -5.15. The van der Waals surface area contributed by atoms with E-state index in [-0.39, 0.29) is 0 Å². The van der Waals surface area contributed by atoms with Gasteiger partial charge in [0.15, 0.2) is 0 Å². The number of halogens is 3. The van der Waals surface area contributed by atoms with Crippen LogP contribution in [0.5, 0.6) is 0 Å². The Hall–Kier alpha value is -0.940. The maximum absolute atomic E-state index is 11.9. The highest BCUT2D eigenvalue weighted by atomic mass is 19.4. The molecule has 0 aromatic carbocycles. The van der Waals surface area contributed by atoms with Gasteiger partial charge in [-0.2, -0.15) is 13.2 Å². The Balaban J connectivity index is 2.47. The minimum absolute atomic E-state index is 0.357. The van der Waals surface area contributed by atoms with E-state index in [9.17, 15) is 18.0 Å². The third-order valence-electron chi connectivity index (χ3n) is 1.95. The van der Waals surface area contributed by atoms with Crippen LogP contribution >= 0.6 is 0 Å². The van der Waals surface area contributed by atoms with Crippen molar-refractivity contribution in [2.75, 3.05) is 13.1 Å². The fraction of sp³-hybridized carbons (Fsp3) is 0.857. The molecule has 1 aliphatic heterocycles. The predicted molar refractivity (Wildman–Crippen MR) is 40.2 cm³/mol. The molecule has 0 aromatic heterocycles. The molecule has 1 saturated heterocycles. The van der Waals surface area contributed by atoms with Gasteiger partial charge in [0, 0.05) is 19.1 Å². The molecule has 3 nitrogen and oxygen atoms in total. The highest BCUT2D eigenvalue weighted by Crippen LogP contribution is 2.24. The predicted octanol–water partition coefficient (Wildman–Crippen LogP) is 1.35. The number of rotatable bonds is 2. The molecule has 76 valence electrons. The average molecular weight is 196 g/mol. The summed E-state index contributed by atoms with van der Waals surface area (Å²) in [5.74, 6) is 0. The number of urea groups is 1. The first-order valence-electron chi connectivity index (χ1n) is 4.01. The molecule has 1 N–H and O–H groups in total. The van der Waals surface area contributed by atoms with Crippen molar-refractivity contribution in [3.05, 3.63) is 0 Å². The van der Waals surface area contributed by atoms with Crippen LogP contribution in [0.15, 0.2) is 0 Å². The van der Waals surface area contributed by atoms with Crippen molar-refractivity contribution in [1.29, 1.82) is 0 Å². The van der Waals surface area contributed by atoms with Gasteiger partial charge < -0.3 is 10.2 Å². The van der Waals surface area contributed by atoms with Gasteiger partial charge in [-0.3, -0.25) is 0 Å². The number of carbonyl (C=O) groups excluding carboxylic acids is 1. The standard InChI is InChI=1S/C7H11F3N2O/c1-5(4-7(8,9)10)12-3-2-11-6(12)13/h5H,2-4H2,1H3,(H,11,13). The van der Waals surface area contributed by atoms with Crippen LogP contribution in [0.2, 0.25) is 0 Å². The SMILES string of the molecule is CC(CC(F)(F)F)N1CCNC1=O. The topological polar surface area (TPSA) is 32.3 Å². The Morgan fingerprint density at radius 1 is 1.62 bits per heavy atom. The fourth-order valence-electron chi connectivity index (χ4n) is 1.35. The van der Waals surface area contributed by atoms with Gasteiger partial charge in [0.2, 0.25) is 0 Å². The van der Waals surface area contributed by atoms with Gasteiger partial charge in [-0.05, 0) is 6.92 Å². The molecule has 1 unspecified atom stereocenters. The number of nitrogens with zero attached hydrogens (tertiary/aromatic N) is 1. The maximum Gasteiger partial charge on any atom is 0.391 e. The summed E-state index contributed by atoms with van der Waals surface area (Å²) in [6, 6.07) is -1.18. The Morgan fingerprint density at radius 3 is 2.62 bits per heavy atom. The van der Waals surface area contributed by atoms with Crippen LogP contribution in [0.4, 0.5) is 18.0 Å². The maximum atomic E-state index is 11.9. The first-order chi connectivity index (χ1) is 5.90. The summed E-state index contributed by atoms with van der Waals surface area (Å²) in [5, 5.41) is 2.46. The third kappa shape index (κ3) is 2.78. The van der Waals surface area contributed by atoms with Crippen LogP contribution in [-0.2, 0) is 0 Å². The number of amides is 2. The minimum Gasteiger partial charge on any atom is -0.336 e. The summed E-state index contributed by atoms with van der Waals surface area (Å²) in [4.78, 5) is 12.2. The van der Waals surface area contributed by atoms with Crippen LogP contribution in [0, 0.1) is 0 Å². The lowest BCUT2D eigenvalue weighted by Gasteiger charge is -2.23. The van der Waals surface area contributed by atoms with E-state index in [1.807, 2.05) is 0 Å². The molecule has 0 bridgehead atoms. The van der Waals surface area contributed by atoms with E-state index in [2.05, 4.69) is 5.32 Å². The quantitative estimate of drug-likeness (QED) is 0.710. The third-order valence-corrected chi connectivity index (χ3v) is 1.95. The number of carbonyl (C=O) groups is 1. The second-order valence-electron chi connectivity index (χ2n) is 3.09. The first-order valence-corrected chi connectivity index (χ1v) is 4.01. The lowest BCUT2D eigenvalue weighted by Crippen LogP contribution is -2.38. The molecule has 1 rings (SSSR count). The Morgan fingerprint density at radius 2 is 2.23 bits per heavy atom. The number of hydrogen-bond acceptors (Lipinski definition) is 1. The molecule has 0 spiro atoms. The molecule has 0 aliphatic carbocycles. The van der Waals surface area contributed by atoms with E-state index in [1.165, 1.54) is 11.8 Å². The summed E-state index contributed by atoms with van der Waals surface area (Å²) in [6.45, 7) is 2.19. The molecule has 0 saturated carbocycles. The Bertz CT molecular complexity index is 204. The second-order valence-corrected chi connectivity index (χ2v) is 3.09. The second kappa shape index (κ2) is 3.43. The molecule has 1 atom stereocenters. The van der Waals surface area contributed by atoms with E-state index in [4.69, 9.17) is 0 Å².